The van der Waals surface area contributed by atoms with Crippen LogP contribution in [0.1, 0.15) is 12.5 Å². The van der Waals surface area contributed by atoms with Crippen LogP contribution in [-0.2, 0) is 15.0 Å². The van der Waals surface area contributed by atoms with Crippen molar-refractivity contribution in [3.63, 3.8) is 0 Å². The Bertz CT molecular complexity index is 868. The number of para-hydroxylation sites is 1. The molecular weight excluding hydrogens is 378 g/mol. The Kier molecular flexibility index (Phi) is 7.42. The second-order valence-electron chi connectivity index (χ2n) is 6.72. The maximum absolute atomic E-state index is 12.6. The lowest BCUT2D eigenvalue weighted by Gasteiger charge is -2.27. The summed E-state index contributed by atoms with van der Waals surface area (Å²) in [6.07, 6.45) is 0. The SMILES string of the molecule is Cc1ccc(OCC(C)NC(=O)CN(c2ccccc2)S(=O)(=O)N(C)C)cc1. The number of carbonyl (C=O) groups excluding carboxylic acids is 1. The van der Waals surface area contributed by atoms with E-state index in [0.717, 1.165) is 14.2 Å². The second kappa shape index (κ2) is 9.57. The number of amides is 1. The predicted molar refractivity (Wildman–Crippen MR) is 111 cm³/mol. The summed E-state index contributed by atoms with van der Waals surface area (Å²) in [6, 6.07) is 15.9. The van der Waals surface area contributed by atoms with E-state index in [1.165, 1.54) is 14.1 Å². The summed E-state index contributed by atoms with van der Waals surface area (Å²) in [5.41, 5.74) is 1.56. The number of anilines is 1. The van der Waals surface area contributed by atoms with Crippen LogP contribution in [0.5, 0.6) is 5.75 Å². The number of hydrogen-bond donors (Lipinski definition) is 1. The number of rotatable bonds is 9. The fourth-order valence-corrected chi connectivity index (χ4v) is 3.51. The molecule has 0 heterocycles. The van der Waals surface area contributed by atoms with Crippen molar-refractivity contribution >= 4 is 21.8 Å². The van der Waals surface area contributed by atoms with Gasteiger partial charge in [-0.3, -0.25) is 4.79 Å². The van der Waals surface area contributed by atoms with Gasteiger partial charge >= 0.3 is 10.2 Å². The molecule has 2 aromatic carbocycles. The molecule has 0 aromatic heterocycles. The predicted octanol–water partition coefficient (Wildman–Crippen LogP) is 2.19. The number of aryl methyl sites for hydroxylation is 1. The third kappa shape index (κ3) is 5.97. The average molecular weight is 406 g/mol. The van der Waals surface area contributed by atoms with E-state index in [0.29, 0.717) is 11.4 Å². The first-order valence-corrected chi connectivity index (χ1v) is 10.3. The molecule has 0 bridgehead atoms. The van der Waals surface area contributed by atoms with E-state index >= 15 is 0 Å². The van der Waals surface area contributed by atoms with E-state index in [9.17, 15) is 13.2 Å². The van der Waals surface area contributed by atoms with Gasteiger partial charge in [0.2, 0.25) is 5.91 Å². The molecular formula is C20H27N3O4S. The Balaban J connectivity index is 2.00. The van der Waals surface area contributed by atoms with Crippen LogP contribution in [0.4, 0.5) is 5.69 Å². The van der Waals surface area contributed by atoms with Crippen LogP contribution in [0.3, 0.4) is 0 Å². The highest BCUT2D eigenvalue weighted by Crippen LogP contribution is 2.18. The van der Waals surface area contributed by atoms with Crippen LogP contribution in [-0.4, -0.2) is 51.9 Å². The number of nitrogens with zero attached hydrogens (tertiary/aromatic N) is 2. The minimum Gasteiger partial charge on any atom is -0.491 e. The van der Waals surface area contributed by atoms with Crippen molar-refractivity contribution < 1.29 is 17.9 Å². The molecule has 1 unspecified atom stereocenters. The van der Waals surface area contributed by atoms with E-state index in [4.69, 9.17) is 4.74 Å². The van der Waals surface area contributed by atoms with Gasteiger partial charge in [0.1, 0.15) is 18.9 Å². The fraction of sp³-hybridized carbons (Fsp3) is 0.350. The smallest absolute Gasteiger partial charge is 0.304 e. The Labute approximate surface area is 167 Å². The minimum absolute atomic E-state index is 0.278. The maximum Gasteiger partial charge on any atom is 0.304 e. The van der Waals surface area contributed by atoms with Gasteiger partial charge in [-0.05, 0) is 38.1 Å². The average Bonchev–Trinajstić information content (AvgIpc) is 2.66. The highest BCUT2D eigenvalue weighted by atomic mass is 32.2. The van der Waals surface area contributed by atoms with Gasteiger partial charge in [0.15, 0.2) is 0 Å². The summed E-state index contributed by atoms with van der Waals surface area (Å²) < 4.78 is 33.1. The van der Waals surface area contributed by atoms with Gasteiger partial charge in [-0.15, -0.1) is 0 Å². The molecule has 28 heavy (non-hydrogen) atoms. The lowest BCUT2D eigenvalue weighted by atomic mass is 10.2. The number of benzene rings is 2. The highest BCUT2D eigenvalue weighted by Gasteiger charge is 2.27. The topological polar surface area (TPSA) is 79.0 Å². The first-order valence-electron chi connectivity index (χ1n) is 8.94. The first-order chi connectivity index (χ1) is 13.2. The summed E-state index contributed by atoms with van der Waals surface area (Å²) >= 11 is 0. The standard InChI is InChI=1S/C20H27N3O4S/c1-16-10-12-19(13-11-16)27-15-17(2)21-20(24)14-23(28(25,26)22(3)4)18-8-6-5-7-9-18/h5-13,17H,14-15H2,1-4H3,(H,21,24). The first kappa shape index (κ1) is 21.7. The molecule has 0 saturated heterocycles. The molecule has 0 fully saturated rings. The Morgan fingerprint density at radius 1 is 1.07 bits per heavy atom. The zero-order valence-corrected chi connectivity index (χ0v) is 17.4. The molecule has 8 heteroatoms. The summed E-state index contributed by atoms with van der Waals surface area (Å²) in [6.45, 7) is 3.76. The van der Waals surface area contributed by atoms with E-state index < -0.39 is 16.1 Å². The van der Waals surface area contributed by atoms with Crippen molar-refractivity contribution in [2.75, 3.05) is 31.6 Å². The van der Waals surface area contributed by atoms with Crippen molar-refractivity contribution in [3.05, 3.63) is 60.2 Å². The van der Waals surface area contributed by atoms with Crippen LogP contribution in [0.15, 0.2) is 54.6 Å². The Morgan fingerprint density at radius 3 is 2.25 bits per heavy atom. The Hall–Kier alpha value is -2.58. The molecule has 0 radical (unpaired) electrons. The van der Waals surface area contributed by atoms with Crippen LogP contribution in [0.2, 0.25) is 0 Å². The van der Waals surface area contributed by atoms with E-state index in [-0.39, 0.29) is 19.2 Å². The third-order valence-corrected chi connectivity index (χ3v) is 5.82. The molecule has 2 aromatic rings. The van der Waals surface area contributed by atoms with E-state index in [1.54, 1.807) is 37.3 Å². The van der Waals surface area contributed by atoms with Crippen molar-refractivity contribution in [1.29, 1.82) is 0 Å². The summed E-state index contributed by atoms with van der Waals surface area (Å²) in [5.74, 6) is 0.307. The summed E-state index contributed by atoms with van der Waals surface area (Å²) in [7, 11) is -0.944. The summed E-state index contributed by atoms with van der Waals surface area (Å²) in [5, 5.41) is 2.78. The summed E-state index contributed by atoms with van der Waals surface area (Å²) in [4.78, 5) is 12.5. The van der Waals surface area contributed by atoms with Gasteiger partial charge in [0.05, 0.1) is 11.7 Å². The monoisotopic (exact) mass is 405 g/mol. The fourth-order valence-electron chi connectivity index (χ4n) is 2.45. The van der Waals surface area contributed by atoms with Gasteiger partial charge in [0, 0.05) is 14.1 Å². The van der Waals surface area contributed by atoms with Crippen molar-refractivity contribution in [1.82, 2.24) is 9.62 Å². The minimum atomic E-state index is -3.81. The van der Waals surface area contributed by atoms with Crippen molar-refractivity contribution in [3.8, 4) is 5.75 Å². The molecule has 0 saturated carbocycles. The largest absolute Gasteiger partial charge is 0.491 e. The maximum atomic E-state index is 12.6. The van der Waals surface area contributed by atoms with Crippen molar-refractivity contribution in [2.45, 2.75) is 19.9 Å². The highest BCUT2D eigenvalue weighted by molar-refractivity contribution is 7.90. The van der Waals surface area contributed by atoms with E-state index in [2.05, 4.69) is 5.32 Å². The van der Waals surface area contributed by atoms with Gasteiger partial charge < -0.3 is 10.1 Å². The van der Waals surface area contributed by atoms with Gasteiger partial charge in [-0.2, -0.15) is 12.7 Å². The number of nitrogens with one attached hydrogen (secondary N) is 1. The molecule has 0 spiro atoms. The van der Waals surface area contributed by atoms with Gasteiger partial charge in [-0.1, -0.05) is 35.9 Å². The van der Waals surface area contributed by atoms with Crippen LogP contribution >= 0.6 is 0 Å². The number of carbonyl (C=O) groups is 1. The van der Waals surface area contributed by atoms with Crippen molar-refractivity contribution in [2.24, 2.45) is 0 Å². The normalized spacial score (nSPS) is 12.5. The van der Waals surface area contributed by atoms with E-state index in [1.807, 2.05) is 31.2 Å². The van der Waals surface area contributed by atoms with Crippen LogP contribution in [0.25, 0.3) is 0 Å². The molecule has 1 atom stereocenters. The lowest BCUT2D eigenvalue weighted by molar-refractivity contribution is -0.120. The number of ether oxygens (including phenoxy) is 1. The second-order valence-corrected chi connectivity index (χ2v) is 8.79. The van der Waals surface area contributed by atoms with Gasteiger partial charge in [0.25, 0.3) is 0 Å². The molecule has 152 valence electrons. The molecule has 2 rings (SSSR count). The molecule has 0 aliphatic rings. The third-order valence-electron chi connectivity index (χ3n) is 4.00. The van der Waals surface area contributed by atoms with Crippen LogP contribution in [0, 0.1) is 6.92 Å². The van der Waals surface area contributed by atoms with Gasteiger partial charge in [-0.25, -0.2) is 4.31 Å². The van der Waals surface area contributed by atoms with Crippen LogP contribution < -0.4 is 14.4 Å². The number of hydrogen-bond acceptors (Lipinski definition) is 4. The molecule has 0 aliphatic heterocycles. The zero-order valence-electron chi connectivity index (χ0n) is 16.6. The molecule has 1 amide bonds. The molecule has 7 nitrogen and oxygen atoms in total. The Morgan fingerprint density at radius 2 is 1.68 bits per heavy atom. The molecule has 1 N–H and O–H groups in total. The zero-order chi connectivity index (χ0) is 20.7. The lowest BCUT2D eigenvalue weighted by Crippen LogP contribution is -2.48. The quantitative estimate of drug-likeness (QED) is 0.694. The molecule has 0 aliphatic carbocycles.